The number of aromatic nitrogens is 1. The molecule has 1 aliphatic heterocycles. The Kier molecular flexibility index (Phi) is 4.19. The summed E-state index contributed by atoms with van der Waals surface area (Å²) in [5.74, 6) is -0.383. The highest BCUT2D eigenvalue weighted by Gasteiger charge is 2.27. The Hall–Kier alpha value is -1.50. The van der Waals surface area contributed by atoms with Gasteiger partial charge in [0.05, 0.1) is 21.8 Å². The van der Waals surface area contributed by atoms with Gasteiger partial charge < -0.3 is 10.5 Å². The van der Waals surface area contributed by atoms with Crippen LogP contribution < -0.4 is 5.73 Å². The number of hydrogen-bond donors (Lipinski definition) is 1. The van der Waals surface area contributed by atoms with Gasteiger partial charge in [-0.05, 0) is 19.1 Å². The van der Waals surface area contributed by atoms with Crippen molar-refractivity contribution in [1.82, 2.24) is 9.88 Å². The smallest absolute Gasteiger partial charge is 0.247 e. The zero-order valence-electron chi connectivity index (χ0n) is 12.0. The van der Waals surface area contributed by atoms with Crippen molar-refractivity contribution in [3.05, 3.63) is 29.3 Å². The summed E-state index contributed by atoms with van der Waals surface area (Å²) in [4.78, 5) is 18.2. The number of thiazole rings is 1. The van der Waals surface area contributed by atoms with Crippen LogP contribution >= 0.6 is 11.3 Å². The molecule has 1 aromatic carbocycles. The summed E-state index contributed by atoms with van der Waals surface area (Å²) in [5, 5.41) is 1.13. The second-order valence-electron chi connectivity index (χ2n) is 5.39. The van der Waals surface area contributed by atoms with Crippen molar-refractivity contribution in [1.29, 1.82) is 0 Å². The number of hydrogen-bond acceptors (Lipinski definition) is 5. The Balaban J connectivity index is 1.67. The molecule has 1 fully saturated rings. The lowest BCUT2D eigenvalue weighted by atomic mass is 10.1. The minimum atomic E-state index is -0.489. The summed E-state index contributed by atoms with van der Waals surface area (Å²) in [6.45, 7) is 4.12. The third-order valence-electron chi connectivity index (χ3n) is 3.85. The van der Waals surface area contributed by atoms with Gasteiger partial charge in [-0.3, -0.25) is 9.69 Å². The van der Waals surface area contributed by atoms with E-state index in [1.165, 1.54) is 4.70 Å². The number of amides is 1. The highest BCUT2D eigenvalue weighted by molar-refractivity contribution is 7.18. The zero-order valence-corrected chi connectivity index (χ0v) is 12.8. The minimum absolute atomic E-state index is 0.316. The van der Waals surface area contributed by atoms with Gasteiger partial charge in [-0.2, -0.15) is 0 Å². The molecule has 2 atom stereocenters. The van der Waals surface area contributed by atoms with E-state index in [4.69, 9.17) is 10.5 Å². The Morgan fingerprint density at radius 2 is 2.38 bits per heavy atom. The van der Waals surface area contributed by atoms with Gasteiger partial charge in [-0.25, -0.2) is 4.98 Å². The van der Waals surface area contributed by atoms with Crippen molar-refractivity contribution in [3.8, 4) is 0 Å². The van der Waals surface area contributed by atoms with Crippen LogP contribution in [0.2, 0.25) is 0 Å². The van der Waals surface area contributed by atoms with E-state index < -0.39 is 6.10 Å². The molecule has 21 heavy (non-hydrogen) atoms. The number of carbonyl (C=O) groups is 1. The van der Waals surface area contributed by atoms with Gasteiger partial charge in [0, 0.05) is 25.6 Å². The molecule has 0 aliphatic carbocycles. The number of morpholine rings is 1. The molecule has 0 spiro atoms. The Labute approximate surface area is 127 Å². The molecule has 1 amide bonds. The molecule has 1 aliphatic rings. The van der Waals surface area contributed by atoms with Crippen molar-refractivity contribution < 1.29 is 9.53 Å². The topological polar surface area (TPSA) is 68.5 Å². The molecule has 112 valence electrons. The van der Waals surface area contributed by atoms with Gasteiger partial charge in [0.15, 0.2) is 0 Å². The number of rotatable bonds is 4. The average molecular weight is 305 g/mol. The number of nitrogens with zero attached hydrogens (tertiary/aromatic N) is 2. The molecule has 0 bridgehead atoms. The summed E-state index contributed by atoms with van der Waals surface area (Å²) >= 11 is 1.74. The molecule has 1 aromatic heterocycles. The molecular weight excluding hydrogens is 286 g/mol. The largest absolute Gasteiger partial charge is 0.367 e. The van der Waals surface area contributed by atoms with Crippen molar-refractivity contribution in [2.75, 3.05) is 19.7 Å². The first-order valence-electron chi connectivity index (χ1n) is 7.13. The van der Waals surface area contributed by atoms with Crippen LogP contribution in [0, 0.1) is 0 Å². The number of ether oxygens (including phenoxy) is 1. The Morgan fingerprint density at radius 1 is 1.57 bits per heavy atom. The van der Waals surface area contributed by atoms with E-state index in [-0.39, 0.29) is 5.91 Å². The van der Waals surface area contributed by atoms with Crippen LogP contribution in [0.1, 0.15) is 11.9 Å². The zero-order chi connectivity index (χ0) is 14.8. The molecule has 2 aromatic rings. The van der Waals surface area contributed by atoms with Crippen LogP contribution in [0.3, 0.4) is 0 Å². The summed E-state index contributed by atoms with van der Waals surface area (Å²) in [5.41, 5.74) is 6.39. The van der Waals surface area contributed by atoms with Gasteiger partial charge >= 0.3 is 0 Å². The van der Waals surface area contributed by atoms with E-state index in [1.807, 2.05) is 18.2 Å². The first-order valence-corrected chi connectivity index (χ1v) is 7.94. The fourth-order valence-corrected chi connectivity index (χ4v) is 3.72. The second kappa shape index (κ2) is 6.09. The molecule has 1 saturated heterocycles. The highest BCUT2D eigenvalue weighted by atomic mass is 32.1. The van der Waals surface area contributed by atoms with Gasteiger partial charge in [0.1, 0.15) is 6.10 Å². The van der Waals surface area contributed by atoms with Gasteiger partial charge in [0.2, 0.25) is 5.91 Å². The molecular formula is C15H19N3O2S. The van der Waals surface area contributed by atoms with Crippen LogP contribution in [-0.2, 0) is 16.0 Å². The van der Waals surface area contributed by atoms with Gasteiger partial charge in [-0.1, -0.05) is 12.1 Å². The number of carbonyl (C=O) groups excluding carboxylic acids is 1. The predicted octanol–water partition coefficient (Wildman–Crippen LogP) is 1.41. The number of para-hydroxylation sites is 1. The molecule has 0 radical (unpaired) electrons. The van der Waals surface area contributed by atoms with Gasteiger partial charge in [0.25, 0.3) is 0 Å². The summed E-state index contributed by atoms with van der Waals surface area (Å²) in [6, 6.07) is 8.50. The molecule has 0 saturated carbocycles. The minimum Gasteiger partial charge on any atom is -0.367 e. The maximum atomic E-state index is 11.3. The van der Waals surface area contributed by atoms with E-state index in [0.717, 1.165) is 23.5 Å². The van der Waals surface area contributed by atoms with Crippen LogP contribution in [-0.4, -0.2) is 47.6 Å². The molecule has 6 heteroatoms. The van der Waals surface area contributed by atoms with Crippen LogP contribution in [0.5, 0.6) is 0 Å². The summed E-state index contributed by atoms with van der Waals surface area (Å²) < 4.78 is 6.61. The normalized spacial score (nSPS) is 21.5. The van der Waals surface area contributed by atoms with E-state index in [9.17, 15) is 4.79 Å². The standard InChI is InChI=1S/C15H19N3O2S/c1-10(18-6-7-20-12(9-18)15(16)19)8-14-17-11-4-2-3-5-13(11)21-14/h2-5,10,12H,6-9H2,1H3,(H2,16,19)/t10-,12-/m1/s1. The number of benzene rings is 1. The summed E-state index contributed by atoms with van der Waals surface area (Å²) in [7, 11) is 0. The maximum absolute atomic E-state index is 11.3. The Morgan fingerprint density at radius 3 is 3.14 bits per heavy atom. The fraction of sp³-hybridized carbons (Fsp3) is 0.467. The van der Waals surface area contributed by atoms with E-state index in [0.29, 0.717) is 19.2 Å². The molecule has 0 unspecified atom stereocenters. The third kappa shape index (κ3) is 3.23. The SMILES string of the molecule is C[C@H](Cc1nc2ccccc2s1)N1CCO[C@@H](C(N)=O)C1. The molecule has 3 rings (SSSR count). The second-order valence-corrected chi connectivity index (χ2v) is 6.50. The predicted molar refractivity (Wildman–Crippen MR) is 83.3 cm³/mol. The first kappa shape index (κ1) is 14.4. The molecule has 5 nitrogen and oxygen atoms in total. The molecule has 2 N–H and O–H groups in total. The van der Waals surface area contributed by atoms with E-state index >= 15 is 0 Å². The quantitative estimate of drug-likeness (QED) is 0.927. The lowest BCUT2D eigenvalue weighted by Crippen LogP contribution is -2.51. The summed E-state index contributed by atoms with van der Waals surface area (Å²) in [6.07, 6.45) is 0.391. The van der Waals surface area contributed by atoms with Crippen LogP contribution in [0.15, 0.2) is 24.3 Å². The fourth-order valence-electron chi connectivity index (χ4n) is 2.63. The van der Waals surface area contributed by atoms with Crippen molar-refractivity contribution in [2.24, 2.45) is 5.73 Å². The third-order valence-corrected chi connectivity index (χ3v) is 4.91. The molecule has 2 heterocycles. The van der Waals surface area contributed by atoms with Crippen molar-refractivity contribution in [2.45, 2.75) is 25.5 Å². The van der Waals surface area contributed by atoms with Crippen LogP contribution in [0.25, 0.3) is 10.2 Å². The average Bonchev–Trinajstić information content (AvgIpc) is 2.89. The van der Waals surface area contributed by atoms with E-state index in [1.54, 1.807) is 11.3 Å². The lowest BCUT2D eigenvalue weighted by Gasteiger charge is -2.35. The number of nitrogens with two attached hydrogens (primary N) is 1. The number of primary amides is 1. The number of fused-ring (bicyclic) bond motifs is 1. The van der Waals surface area contributed by atoms with Crippen molar-refractivity contribution >= 4 is 27.5 Å². The van der Waals surface area contributed by atoms with Gasteiger partial charge in [-0.15, -0.1) is 11.3 Å². The first-order chi connectivity index (χ1) is 10.1. The Bertz CT molecular complexity index is 610. The lowest BCUT2D eigenvalue weighted by molar-refractivity contribution is -0.136. The van der Waals surface area contributed by atoms with Crippen molar-refractivity contribution in [3.63, 3.8) is 0 Å². The van der Waals surface area contributed by atoms with Crippen LogP contribution in [0.4, 0.5) is 0 Å². The maximum Gasteiger partial charge on any atom is 0.247 e. The van der Waals surface area contributed by atoms with E-state index in [2.05, 4.69) is 22.9 Å². The monoisotopic (exact) mass is 305 g/mol. The highest BCUT2D eigenvalue weighted by Crippen LogP contribution is 2.23.